The van der Waals surface area contributed by atoms with Crippen molar-refractivity contribution in [3.8, 4) is 0 Å². The predicted octanol–water partition coefficient (Wildman–Crippen LogP) is 2.84. The van der Waals surface area contributed by atoms with E-state index in [1.165, 1.54) is 32.1 Å². The van der Waals surface area contributed by atoms with Crippen LogP contribution in [0.3, 0.4) is 0 Å². The van der Waals surface area contributed by atoms with Gasteiger partial charge < -0.3 is 11.1 Å². The summed E-state index contributed by atoms with van der Waals surface area (Å²) in [6.45, 7) is 7.08. The monoisotopic (exact) mass is 242 g/mol. The average Bonchev–Trinajstić information content (AvgIpc) is 2.35. The smallest absolute Gasteiger partial charge is 0.237 e. The average molecular weight is 242 g/mol. The molecule has 0 spiro atoms. The first-order valence-electron chi connectivity index (χ1n) is 7.16. The molecule has 0 radical (unpaired) electrons. The van der Waals surface area contributed by atoms with E-state index in [9.17, 15) is 4.79 Å². The summed E-state index contributed by atoms with van der Waals surface area (Å²) in [7, 11) is 0. The molecule has 0 aromatic carbocycles. The first-order chi connectivity index (χ1) is 8.13. The van der Waals surface area contributed by atoms with Crippen LogP contribution in [0.2, 0.25) is 0 Å². The van der Waals surface area contributed by atoms with Gasteiger partial charge in [0.1, 0.15) is 0 Å². The van der Waals surface area contributed by atoms with Gasteiger partial charge in [-0.05, 0) is 12.3 Å². The summed E-state index contributed by atoms with van der Waals surface area (Å²) >= 11 is 0. The Balaban J connectivity index is 3.45. The van der Waals surface area contributed by atoms with Gasteiger partial charge in [-0.25, -0.2) is 0 Å². The van der Waals surface area contributed by atoms with E-state index in [1.54, 1.807) is 0 Å². The number of rotatable bonds is 10. The number of nitrogens with two attached hydrogens (primary N) is 1. The minimum atomic E-state index is -0.347. The molecule has 0 saturated heterocycles. The molecule has 0 aromatic heterocycles. The summed E-state index contributed by atoms with van der Waals surface area (Å²) < 4.78 is 0. The molecule has 0 saturated carbocycles. The lowest BCUT2D eigenvalue weighted by molar-refractivity contribution is -0.123. The highest BCUT2D eigenvalue weighted by atomic mass is 16.2. The topological polar surface area (TPSA) is 55.1 Å². The number of hydrogen-bond acceptors (Lipinski definition) is 2. The van der Waals surface area contributed by atoms with E-state index < -0.39 is 0 Å². The van der Waals surface area contributed by atoms with Crippen molar-refractivity contribution in [2.75, 3.05) is 6.54 Å². The lowest BCUT2D eigenvalue weighted by Crippen LogP contribution is -2.44. The van der Waals surface area contributed by atoms with E-state index in [0.29, 0.717) is 0 Å². The Morgan fingerprint density at radius 3 is 2.29 bits per heavy atom. The molecule has 0 fully saturated rings. The van der Waals surface area contributed by atoms with Gasteiger partial charge in [-0.3, -0.25) is 4.79 Å². The third-order valence-corrected chi connectivity index (χ3v) is 3.39. The largest absolute Gasteiger partial charge is 0.355 e. The van der Waals surface area contributed by atoms with Gasteiger partial charge >= 0.3 is 0 Å². The van der Waals surface area contributed by atoms with Gasteiger partial charge in [0.2, 0.25) is 5.91 Å². The minimum Gasteiger partial charge on any atom is -0.355 e. The summed E-state index contributed by atoms with van der Waals surface area (Å²) in [6.07, 6.45) is 8.43. The summed E-state index contributed by atoms with van der Waals surface area (Å²) in [5.74, 6) is 0.271. The highest BCUT2D eigenvalue weighted by molar-refractivity contribution is 5.81. The Morgan fingerprint density at radius 2 is 1.71 bits per heavy atom. The summed E-state index contributed by atoms with van der Waals surface area (Å²) in [5.41, 5.74) is 5.84. The van der Waals surface area contributed by atoms with Crippen LogP contribution < -0.4 is 11.1 Å². The second-order valence-corrected chi connectivity index (χ2v) is 4.97. The molecule has 0 aliphatic carbocycles. The second kappa shape index (κ2) is 10.6. The number of hydrogen-bond donors (Lipinski definition) is 2. The standard InChI is InChI=1S/C14H30N2O/c1-4-6-7-8-9-10-11-16-14(17)13(15)12(3)5-2/h12-13H,4-11,15H2,1-3H3,(H,16,17). The summed E-state index contributed by atoms with van der Waals surface area (Å²) in [5, 5.41) is 2.92. The van der Waals surface area contributed by atoms with Crippen LogP contribution in [0.1, 0.15) is 65.7 Å². The van der Waals surface area contributed by atoms with Crippen molar-refractivity contribution < 1.29 is 4.79 Å². The van der Waals surface area contributed by atoms with E-state index in [4.69, 9.17) is 5.73 Å². The second-order valence-electron chi connectivity index (χ2n) is 4.97. The lowest BCUT2D eigenvalue weighted by atomic mass is 9.99. The van der Waals surface area contributed by atoms with Gasteiger partial charge in [0.15, 0.2) is 0 Å². The number of carbonyl (C=O) groups excluding carboxylic acids is 1. The summed E-state index contributed by atoms with van der Waals surface area (Å²) in [6, 6.07) is -0.347. The maximum atomic E-state index is 11.6. The highest BCUT2D eigenvalue weighted by Gasteiger charge is 2.18. The predicted molar refractivity (Wildman–Crippen MR) is 73.8 cm³/mol. The molecule has 3 N–H and O–H groups in total. The van der Waals surface area contributed by atoms with Gasteiger partial charge in [0.25, 0.3) is 0 Å². The van der Waals surface area contributed by atoms with Crippen molar-refractivity contribution in [3.63, 3.8) is 0 Å². The maximum absolute atomic E-state index is 11.6. The van der Waals surface area contributed by atoms with Crippen molar-refractivity contribution in [1.29, 1.82) is 0 Å². The Morgan fingerprint density at radius 1 is 1.12 bits per heavy atom. The first-order valence-corrected chi connectivity index (χ1v) is 7.16. The van der Waals surface area contributed by atoms with E-state index in [1.807, 2.05) is 6.92 Å². The van der Waals surface area contributed by atoms with Crippen LogP contribution in [0.15, 0.2) is 0 Å². The highest BCUT2D eigenvalue weighted by Crippen LogP contribution is 2.06. The zero-order valence-electron chi connectivity index (χ0n) is 11.8. The molecule has 0 aliphatic rings. The van der Waals surface area contributed by atoms with Crippen LogP contribution in [0.4, 0.5) is 0 Å². The first kappa shape index (κ1) is 16.4. The van der Waals surface area contributed by atoms with Crippen LogP contribution in [0.5, 0.6) is 0 Å². The molecule has 17 heavy (non-hydrogen) atoms. The van der Waals surface area contributed by atoms with Crippen LogP contribution in [-0.4, -0.2) is 18.5 Å². The van der Waals surface area contributed by atoms with Gasteiger partial charge in [-0.1, -0.05) is 59.3 Å². The minimum absolute atomic E-state index is 0.00732. The van der Waals surface area contributed by atoms with Gasteiger partial charge in [-0.2, -0.15) is 0 Å². The van der Waals surface area contributed by atoms with E-state index >= 15 is 0 Å². The SMILES string of the molecule is CCCCCCCCNC(=O)C(N)C(C)CC. The van der Waals surface area contributed by atoms with Crippen molar-refractivity contribution in [2.45, 2.75) is 71.8 Å². The molecule has 0 heterocycles. The van der Waals surface area contributed by atoms with Crippen LogP contribution in [-0.2, 0) is 4.79 Å². The molecule has 3 nitrogen and oxygen atoms in total. The molecule has 2 unspecified atom stereocenters. The van der Waals surface area contributed by atoms with Crippen LogP contribution in [0, 0.1) is 5.92 Å². The molecule has 2 atom stereocenters. The fraction of sp³-hybridized carbons (Fsp3) is 0.929. The molecule has 0 bridgehead atoms. The Kier molecular flexibility index (Phi) is 10.2. The lowest BCUT2D eigenvalue weighted by Gasteiger charge is -2.17. The number of carbonyl (C=O) groups is 1. The number of nitrogens with one attached hydrogen (secondary N) is 1. The zero-order valence-corrected chi connectivity index (χ0v) is 11.8. The van der Waals surface area contributed by atoms with Crippen molar-refractivity contribution in [1.82, 2.24) is 5.32 Å². The van der Waals surface area contributed by atoms with E-state index in [2.05, 4.69) is 19.2 Å². The van der Waals surface area contributed by atoms with Gasteiger partial charge in [0.05, 0.1) is 6.04 Å². The van der Waals surface area contributed by atoms with Crippen molar-refractivity contribution in [2.24, 2.45) is 11.7 Å². The molecular weight excluding hydrogens is 212 g/mol. The number of unbranched alkanes of at least 4 members (excludes halogenated alkanes) is 5. The summed E-state index contributed by atoms with van der Waals surface area (Å²) in [4.78, 5) is 11.6. The van der Waals surface area contributed by atoms with Crippen LogP contribution >= 0.6 is 0 Å². The molecule has 3 heteroatoms. The van der Waals surface area contributed by atoms with Crippen LogP contribution in [0.25, 0.3) is 0 Å². The normalized spacial score (nSPS) is 14.4. The van der Waals surface area contributed by atoms with Gasteiger partial charge in [-0.15, -0.1) is 0 Å². The molecule has 0 aromatic rings. The Hall–Kier alpha value is -0.570. The molecule has 102 valence electrons. The Bertz CT molecular complexity index is 195. The zero-order chi connectivity index (χ0) is 13.1. The van der Waals surface area contributed by atoms with Gasteiger partial charge in [0, 0.05) is 6.54 Å². The van der Waals surface area contributed by atoms with E-state index in [0.717, 1.165) is 19.4 Å². The van der Waals surface area contributed by atoms with Crippen molar-refractivity contribution >= 4 is 5.91 Å². The fourth-order valence-electron chi connectivity index (χ4n) is 1.75. The number of amides is 1. The molecule has 1 amide bonds. The molecule has 0 rings (SSSR count). The quantitative estimate of drug-likeness (QED) is 0.579. The van der Waals surface area contributed by atoms with Crippen molar-refractivity contribution in [3.05, 3.63) is 0 Å². The fourth-order valence-corrected chi connectivity index (χ4v) is 1.75. The third-order valence-electron chi connectivity index (χ3n) is 3.39. The Labute approximate surface area is 107 Å². The molecule has 0 aliphatic heterocycles. The third kappa shape index (κ3) is 8.19. The van der Waals surface area contributed by atoms with E-state index in [-0.39, 0.29) is 17.9 Å². The maximum Gasteiger partial charge on any atom is 0.237 e. The molecular formula is C14H30N2O.